The lowest BCUT2D eigenvalue weighted by atomic mass is 9.93. The van der Waals surface area contributed by atoms with E-state index in [4.69, 9.17) is 0 Å². The summed E-state index contributed by atoms with van der Waals surface area (Å²) < 4.78 is 26.8. The van der Waals surface area contributed by atoms with E-state index in [0.29, 0.717) is 16.7 Å². The van der Waals surface area contributed by atoms with Gasteiger partial charge in [0.25, 0.3) is 5.91 Å². The topological polar surface area (TPSA) is 40.5 Å². The first-order chi connectivity index (χ1) is 13.5. The van der Waals surface area contributed by atoms with Gasteiger partial charge in [0.1, 0.15) is 11.6 Å². The lowest BCUT2D eigenvalue weighted by Crippen LogP contribution is -2.29. The minimum absolute atomic E-state index is 0.274. The molecule has 1 atom stereocenters. The zero-order chi connectivity index (χ0) is 19.7. The summed E-state index contributed by atoms with van der Waals surface area (Å²) in [6.07, 6.45) is 0. The van der Waals surface area contributed by atoms with E-state index in [-0.39, 0.29) is 18.1 Å². The third-order valence-corrected chi connectivity index (χ3v) is 4.84. The SMILES string of the molecule is O=C1C(O)=C(c2ccc(F)cc2)[C@@H](c2ccc(F)cc2)N1Cc1ccccc1. The predicted molar refractivity (Wildman–Crippen MR) is 102 cm³/mol. The monoisotopic (exact) mass is 377 g/mol. The molecule has 5 heteroatoms. The molecule has 0 spiro atoms. The largest absolute Gasteiger partial charge is 0.503 e. The molecular formula is C23H17F2NO2. The van der Waals surface area contributed by atoms with Crippen molar-refractivity contribution in [2.75, 3.05) is 0 Å². The third kappa shape index (κ3) is 3.27. The molecular weight excluding hydrogens is 360 g/mol. The molecule has 0 aliphatic carbocycles. The van der Waals surface area contributed by atoms with Crippen LogP contribution in [-0.4, -0.2) is 15.9 Å². The molecule has 4 rings (SSSR count). The molecule has 0 unspecified atom stereocenters. The summed E-state index contributed by atoms with van der Waals surface area (Å²) in [6.45, 7) is 0.274. The van der Waals surface area contributed by atoms with E-state index in [2.05, 4.69) is 0 Å². The second-order valence-corrected chi connectivity index (χ2v) is 6.64. The van der Waals surface area contributed by atoms with Crippen molar-refractivity contribution in [3.63, 3.8) is 0 Å². The van der Waals surface area contributed by atoms with E-state index in [1.807, 2.05) is 30.3 Å². The average molecular weight is 377 g/mol. The van der Waals surface area contributed by atoms with Crippen LogP contribution in [0.5, 0.6) is 0 Å². The second kappa shape index (κ2) is 7.27. The van der Waals surface area contributed by atoms with Crippen LogP contribution in [0, 0.1) is 11.6 Å². The van der Waals surface area contributed by atoms with Crippen molar-refractivity contribution in [2.24, 2.45) is 0 Å². The quantitative estimate of drug-likeness (QED) is 0.694. The Labute approximate surface area is 161 Å². The zero-order valence-electron chi connectivity index (χ0n) is 14.8. The summed E-state index contributed by atoms with van der Waals surface area (Å²) in [5.41, 5.74) is 2.48. The zero-order valence-corrected chi connectivity index (χ0v) is 14.8. The van der Waals surface area contributed by atoms with Gasteiger partial charge in [0.05, 0.1) is 6.04 Å². The molecule has 3 aromatic carbocycles. The van der Waals surface area contributed by atoms with Crippen LogP contribution in [0.4, 0.5) is 8.78 Å². The van der Waals surface area contributed by atoms with Crippen LogP contribution in [-0.2, 0) is 11.3 Å². The fourth-order valence-corrected chi connectivity index (χ4v) is 3.51. The van der Waals surface area contributed by atoms with Gasteiger partial charge in [0.2, 0.25) is 0 Å². The fourth-order valence-electron chi connectivity index (χ4n) is 3.51. The number of amides is 1. The second-order valence-electron chi connectivity index (χ2n) is 6.64. The van der Waals surface area contributed by atoms with Gasteiger partial charge in [-0.15, -0.1) is 0 Å². The highest BCUT2D eigenvalue weighted by molar-refractivity contribution is 6.05. The maximum atomic E-state index is 13.5. The third-order valence-electron chi connectivity index (χ3n) is 4.84. The molecule has 1 aliphatic rings. The van der Waals surface area contributed by atoms with E-state index in [1.54, 1.807) is 12.1 Å². The number of nitrogens with zero attached hydrogens (tertiary/aromatic N) is 1. The number of halogens is 2. The van der Waals surface area contributed by atoms with Gasteiger partial charge in [-0.1, -0.05) is 54.6 Å². The standard InChI is InChI=1S/C23H17F2NO2/c24-18-10-6-16(7-11-18)20-21(17-8-12-19(25)13-9-17)26(23(28)22(20)27)14-15-4-2-1-3-5-15/h1-13,21,27H,14H2/t21-/m1/s1. The van der Waals surface area contributed by atoms with Gasteiger partial charge in [-0.3, -0.25) is 4.79 Å². The summed E-state index contributed by atoms with van der Waals surface area (Å²) in [5.74, 6) is -1.69. The van der Waals surface area contributed by atoms with E-state index in [9.17, 15) is 18.7 Å². The minimum Gasteiger partial charge on any atom is -0.503 e. The molecule has 1 N–H and O–H groups in total. The summed E-state index contributed by atoms with van der Waals surface area (Å²) >= 11 is 0. The number of hydrogen-bond acceptors (Lipinski definition) is 2. The van der Waals surface area contributed by atoms with Gasteiger partial charge < -0.3 is 10.0 Å². The van der Waals surface area contributed by atoms with E-state index < -0.39 is 17.8 Å². The summed E-state index contributed by atoms with van der Waals surface area (Å²) in [4.78, 5) is 14.4. The number of benzene rings is 3. The van der Waals surface area contributed by atoms with Crippen molar-refractivity contribution in [3.8, 4) is 0 Å². The average Bonchev–Trinajstić information content (AvgIpc) is 2.95. The number of rotatable bonds is 4. The highest BCUT2D eigenvalue weighted by Gasteiger charge is 2.40. The molecule has 0 saturated carbocycles. The van der Waals surface area contributed by atoms with Crippen molar-refractivity contribution >= 4 is 11.5 Å². The van der Waals surface area contributed by atoms with Crippen LogP contribution in [0.1, 0.15) is 22.7 Å². The molecule has 3 aromatic rings. The molecule has 1 amide bonds. The fraction of sp³-hybridized carbons (Fsp3) is 0.0870. The first kappa shape index (κ1) is 17.9. The van der Waals surface area contributed by atoms with Crippen LogP contribution >= 0.6 is 0 Å². The predicted octanol–water partition coefficient (Wildman–Crippen LogP) is 5.02. The maximum absolute atomic E-state index is 13.5. The van der Waals surface area contributed by atoms with E-state index >= 15 is 0 Å². The number of hydrogen-bond donors (Lipinski definition) is 1. The van der Waals surface area contributed by atoms with Crippen LogP contribution < -0.4 is 0 Å². The Hall–Kier alpha value is -3.47. The first-order valence-electron chi connectivity index (χ1n) is 8.84. The Morgan fingerprint density at radius 1 is 0.821 bits per heavy atom. The Balaban J connectivity index is 1.81. The molecule has 0 saturated heterocycles. The number of aliphatic hydroxyl groups is 1. The molecule has 1 aliphatic heterocycles. The smallest absolute Gasteiger partial charge is 0.290 e. The lowest BCUT2D eigenvalue weighted by Gasteiger charge is -2.27. The molecule has 0 aromatic heterocycles. The number of aliphatic hydroxyl groups excluding tert-OH is 1. The molecule has 0 bridgehead atoms. The molecule has 3 nitrogen and oxygen atoms in total. The van der Waals surface area contributed by atoms with Crippen molar-refractivity contribution in [2.45, 2.75) is 12.6 Å². The molecule has 1 heterocycles. The highest BCUT2D eigenvalue weighted by atomic mass is 19.1. The molecule has 0 radical (unpaired) electrons. The first-order valence-corrected chi connectivity index (χ1v) is 8.84. The van der Waals surface area contributed by atoms with E-state index in [0.717, 1.165) is 5.56 Å². The van der Waals surface area contributed by atoms with Gasteiger partial charge in [0.15, 0.2) is 5.76 Å². The lowest BCUT2D eigenvalue weighted by molar-refractivity contribution is -0.130. The number of carbonyl (C=O) groups excluding carboxylic acids is 1. The van der Waals surface area contributed by atoms with Crippen LogP contribution in [0.15, 0.2) is 84.6 Å². The van der Waals surface area contributed by atoms with Gasteiger partial charge >= 0.3 is 0 Å². The van der Waals surface area contributed by atoms with Crippen LogP contribution in [0.2, 0.25) is 0 Å². The Morgan fingerprint density at radius 3 is 2.00 bits per heavy atom. The van der Waals surface area contributed by atoms with Gasteiger partial charge in [-0.25, -0.2) is 8.78 Å². The van der Waals surface area contributed by atoms with E-state index in [1.165, 1.54) is 41.3 Å². The van der Waals surface area contributed by atoms with Crippen molar-refractivity contribution in [1.82, 2.24) is 4.90 Å². The Morgan fingerprint density at radius 2 is 1.39 bits per heavy atom. The van der Waals surface area contributed by atoms with Crippen molar-refractivity contribution in [1.29, 1.82) is 0 Å². The van der Waals surface area contributed by atoms with Crippen LogP contribution in [0.3, 0.4) is 0 Å². The Kier molecular flexibility index (Phi) is 4.65. The van der Waals surface area contributed by atoms with Crippen molar-refractivity contribution < 1.29 is 18.7 Å². The molecule has 140 valence electrons. The van der Waals surface area contributed by atoms with Crippen molar-refractivity contribution in [3.05, 3.63) is 113 Å². The maximum Gasteiger partial charge on any atom is 0.290 e. The molecule has 28 heavy (non-hydrogen) atoms. The summed E-state index contributed by atoms with van der Waals surface area (Å²) in [7, 11) is 0. The minimum atomic E-state index is -0.612. The van der Waals surface area contributed by atoms with Gasteiger partial charge in [0, 0.05) is 12.1 Å². The highest BCUT2D eigenvalue weighted by Crippen LogP contribution is 2.43. The van der Waals surface area contributed by atoms with Gasteiger partial charge in [-0.05, 0) is 41.0 Å². The molecule has 0 fully saturated rings. The van der Waals surface area contributed by atoms with Crippen LogP contribution in [0.25, 0.3) is 5.57 Å². The summed E-state index contributed by atoms with van der Waals surface area (Å²) in [5, 5.41) is 10.6. The number of carbonyl (C=O) groups is 1. The normalized spacial score (nSPS) is 16.7. The van der Waals surface area contributed by atoms with Gasteiger partial charge in [-0.2, -0.15) is 0 Å². The Bertz CT molecular complexity index is 1030. The summed E-state index contributed by atoms with van der Waals surface area (Å²) in [6, 6.07) is 20.2.